The molecule has 0 spiro atoms. The highest BCUT2D eigenvalue weighted by atomic mass is 16.5. The minimum Gasteiger partial charge on any atom is -0.497 e. The van der Waals surface area contributed by atoms with Crippen LogP contribution in [0.1, 0.15) is 42.5 Å². The van der Waals surface area contributed by atoms with Gasteiger partial charge in [0, 0.05) is 6.04 Å². The molecule has 136 valence electrons. The lowest BCUT2D eigenvalue weighted by Crippen LogP contribution is -2.45. The normalized spacial score (nSPS) is 14.4. The molecule has 8 heteroatoms. The topological polar surface area (TPSA) is 117 Å². The van der Waals surface area contributed by atoms with Gasteiger partial charge in [0.15, 0.2) is 0 Å². The molecule has 0 heterocycles. The number of rotatable bonds is 6. The third kappa shape index (κ3) is 5.66. The second-order valence-electron chi connectivity index (χ2n) is 5.93. The summed E-state index contributed by atoms with van der Waals surface area (Å²) < 4.78 is 4.97. The third-order valence-electron chi connectivity index (χ3n) is 4.08. The number of benzene rings is 1. The monoisotopic (exact) mass is 349 g/mol. The molecule has 0 aromatic heterocycles. The number of anilines is 1. The fourth-order valence-corrected chi connectivity index (χ4v) is 2.77. The van der Waals surface area contributed by atoms with Gasteiger partial charge in [0.05, 0.1) is 24.9 Å². The van der Waals surface area contributed by atoms with E-state index in [1.165, 1.54) is 25.7 Å². The highest BCUT2D eigenvalue weighted by Crippen LogP contribution is 2.22. The highest BCUT2D eigenvalue weighted by molar-refractivity contribution is 6.02. The molecule has 1 fully saturated rings. The highest BCUT2D eigenvalue weighted by Gasteiger charge is 2.17. The van der Waals surface area contributed by atoms with Crippen LogP contribution in [-0.4, -0.2) is 42.7 Å². The van der Waals surface area contributed by atoms with E-state index in [1.807, 2.05) is 0 Å². The number of carboxylic acids is 1. The minimum atomic E-state index is -1.18. The predicted molar refractivity (Wildman–Crippen MR) is 92.0 cm³/mol. The predicted octanol–water partition coefficient (Wildman–Crippen LogP) is 1.96. The van der Waals surface area contributed by atoms with Gasteiger partial charge in [0.2, 0.25) is 5.91 Å². The summed E-state index contributed by atoms with van der Waals surface area (Å²) in [5.41, 5.74) is 0.0622. The molecule has 0 radical (unpaired) electrons. The molecule has 1 saturated carbocycles. The number of nitrogens with one attached hydrogen (secondary N) is 3. The number of carbonyl (C=O) groups is 3. The van der Waals surface area contributed by atoms with Gasteiger partial charge in [-0.3, -0.25) is 4.79 Å². The molecule has 4 N–H and O–H groups in total. The molecule has 8 nitrogen and oxygen atoms in total. The number of aromatic carboxylic acids is 1. The number of ether oxygens (including phenoxy) is 1. The Balaban J connectivity index is 1.85. The summed E-state index contributed by atoms with van der Waals surface area (Å²) in [6.07, 6.45) is 5.29. The van der Waals surface area contributed by atoms with Gasteiger partial charge < -0.3 is 25.8 Å². The van der Waals surface area contributed by atoms with Crippen molar-refractivity contribution >= 4 is 23.6 Å². The number of hydrogen-bond acceptors (Lipinski definition) is 4. The second-order valence-corrected chi connectivity index (χ2v) is 5.93. The van der Waals surface area contributed by atoms with E-state index in [4.69, 9.17) is 4.74 Å². The van der Waals surface area contributed by atoms with Gasteiger partial charge in [-0.05, 0) is 31.0 Å². The molecule has 0 unspecified atom stereocenters. The largest absolute Gasteiger partial charge is 0.497 e. The summed E-state index contributed by atoms with van der Waals surface area (Å²) in [6.45, 7) is -0.246. The minimum absolute atomic E-state index is 0.0839. The van der Waals surface area contributed by atoms with E-state index in [-0.39, 0.29) is 23.8 Å². The Bertz CT molecular complexity index is 641. The molecule has 1 aromatic rings. The maximum absolute atomic E-state index is 12.0. The second kappa shape index (κ2) is 8.91. The van der Waals surface area contributed by atoms with E-state index in [1.54, 1.807) is 6.07 Å². The summed E-state index contributed by atoms with van der Waals surface area (Å²) in [7, 11) is 1.42. The SMILES string of the molecule is COc1ccc(NC(=O)CNC(=O)NC2CCCCC2)c(C(=O)O)c1. The van der Waals surface area contributed by atoms with Crippen molar-refractivity contribution in [3.05, 3.63) is 23.8 Å². The fourth-order valence-electron chi connectivity index (χ4n) is 2.77. The average molecular weight is 349 g/mol. The van der Waals surface area contributed by atoms with E-state index in [2.05, 4.69) is 16.0 Å². The van der Waals surface area contributed by atoms with Crippen LogP contribution in [0.3, 0.4) is 0 Å². The quantitative estimate of drug-likeness (QED) is 0.626. The molecule has 3 amide bonds. The molecule has 25 heavy (non-hydrogen) atoms. The number of carbonyl (C=O) groups excluding carboxylic acids is 2. The van der Waals surface area contributed by atoms with Gasteiger partial charge in [-0.15, -0.1) is 0 Å². The lowest BCUT2D eigenvalue weighted by molar-refractivity contribution is -0.115. The van der Waals surface area contributed by atoms with Crippen molar-refractivity contribution in [3.63, 3.8) is 0 Å². The molecule has 1 aliphatic rings. The summed E-state index contributed by atoms with van der Waals surface area (Å²) in [6, 6.07) is 4.07. The molecule has 1 aliphatic carbocycles. The smallest absolute Gasteiger partial charge is 0.337 e. The van der Waals surface area contributed by atoms with Crippen LogP contribution in [-0.2, 0) is 4.79 Å². The first-order valence-electron chi connectivity index (χ1n) is 8.25. The van der Waals surface area contributed by atoms with Gasteiger partial charge in [-0.25, -0.2) is 9.59 Å². The number of amides is 3. The van der Waals surface area contributed by atoms with Crippen LogP contribution < -0.4 is 20.7 Å². The molecule has 2 rings (SSSR count). The van der Waals surface area contributed by atoms with Crippen molar-refractivity contribution < 1.29 is 24.2 Å². The molecule has 1 aromatic carbocycles. The summed E-state index contributed by atoms with van der Waals surface area (Å²) in [5.74, 6) is -1.32. The molecular weight excluding hydrogens is 326 g/mol. The molecule has 0 bridgehead atoms. The standard InChI is InChI=1S/C17H23N3O5/c1-25-12-7-8-14(13(9-12)16(22)23)20-15(21)10-18-17(24)19-11-5-3-2-4-6-11/h7-9,11H,2-6,10H2,1H3,(H,20,21)(H,22,23)(H2,18,19,24). The van der Waals surface area contributed by atoms with Crippen LogP contribution in [0.2, 0.25) is 0 Å². The molecular formula is C17H23N3O5. The average Bonchev–Trinajstić information content (AvgIpc) is 2.61. The van der Waals surface area contributed by atoms with Crippen molar-refractivity contribution in [2.45, 2.75) is 38.1 Å². The summed E-state index contributed by atoms with van der Waals surface area (Å²) in [5, 5.41) is 17.0. The van der Waals surface area contributed by atoms with Crippen LogP contribution in [0.4, 0.5) is 10.5 Å². The van der Waals surface area contributed by atoms with Gasteiger partial charge >= 0.3 is 12.0 Å². The Hall–Kier alpha value is -2.77. The summed E-state index contributed by atoms with van der Waals surface area (Å²) in [4.78, 5) is 35.0. The van der Waals surface area contributed by atoms with Crippen molar-refractivity contribution in [3.8, 4) is 5.75 Å². The number of hydrogen-bond donors (Lipinski definition) is 4. The fraction of sp³-hybridized carbons (Fsp3) is 0.471. The zero-order valence-corrected chi connectivity index (χ0v) is 14.1. The van der Waals surface area contributed by atoms with Crippen LogP contribution in [0.15, 0.2) is 18.2 Å². The van der Waals surface area contributed by atoms with Gasteiger partial charge in [-0.1, -0.05) is 19.3 Å². The van der Waals surface area contributed by atoms with Gasteiger partial charge in [0.25, 0.3) is 0 Å². The van der Waals surface area contributed by atoms with Gasteiger partial charge in [0.1, 0.15) is 5.75 Å². The van der Waals surface area contributed by atoms with E-state index in [0.29, 0.717) is 5.75 Å². The molecule has 0 aliphatic heterocycles. The Morgan fingerprint density at radius 3 is 2.56 bits per heavy atom. The third-order valence-corrected chi connectivity index (χ3v) is 4.08. The van der Waals surface area contributed by atoms with Crippen LogP contribution in [0.25, 0.3) is 0 Å². The van der Waals surface area contributed by atoms with E-state index in [0.717, 1.165) is 25.7 Å². The first kappa shape index (κ1) is 18.6. The number of methoxy groups -OCH3 is 1. The lowest BCUT2D eigenvalue weighted by Gasteiger charge is -2.22. The Kier molecular flexibility index (Phi) is 6.62. The van der Waals surface area contributed by atoms with Crippen LogP contribution in [0.5, 0.6) is 5.75 Å². The zero-order chi connectivity index (χ0) is 18.2. The zero-order valence-electron chi connectivity index (χ0n) is 14.1. The molecule has 0 saturated heterocycles. The van der Waals surface area contributed by atoms with E-state index >= 15 is 0 Å². The van der Waals surface area contributed by atoms with Gasteiger partial charge in [-0.2, -0.15) is 0 Å². The van der Waals surface area contributed by atoms with Crippen LogP contribution >= 0.6 is 0 Å². The van der Waals surface area contributed by atoms with E-state index < -0.39 is 17.9 Å². The maximum atomic E-state index is 12.0. The lowest BCUT2D eigenvalue weighted by atomic mass is 9.96. The Labute approximate surface area is 145 Å². The van der Waals surface area contributed by atoms with Crippen molar-refractivity contribution in [1.82, 2.24) is 10.6 Å². The van der Waals surface area contributed by atoms with Crippen molar-refractivity contribution in [2.75, 3.05) is 19.0 Å². The summed E-state index contributed by atoms with van der Waals surface area (Å²) >= 11 is 0. The van der Waals surface area contributed by atoms with Crippen molar-refractivity contribution in [2.24, 2.45) is 0 Å². The maximum Gasteiger partial charge on any atom is 0.337 e. The number of carboxylic acid groups (broad SMARTS) is 1. The molecule has 0 atom stereocenters. The Morgan fingerprint density at radius 2 is 1.92 bits per heavy atom. The number of urea groups is 1. The van der Waals surface area contributed by atoms with Crippen LogP contribution in [0, 0.1) is 0 Å². The van der Waals surface area contributed by atoms with Crippen molar-refractivity contribution in [1.29, 1.82) is 0 Å². The first-order chi connectivity index (χ1) is 12.0. The Morgan fingerprint density at radius 1 is 1.20 bits per heavy atom. The van der Waals surface area contributed by atoms with E-state index in [9.17, 15) is 19.5 Å². The first-order valence-corrected chi connectivity index (χ1v) is 8.25.